The number of benzene rings is 1. The Bertz CT molecular complexity index is 742. The fourth-order valence-corrected chi connectivity index (χ4v) is 3.48. The minimum absolute atomic E-state index is 0.207. The highest BCUT2D eigenvalue weighted by Gasteiger charge is 2.42. The van der Waals surface area contributed by atoms with Crippen molar-refractivity contribution in [3.63, 3.8) is 0 Å². The van der Waals surface area contributed by atoms with Gasteiger partial charge in [0, 0.05) is 42.0 Å². The second kappa shape index (κ2) is 6.51. The Labute approximate surface area is 139 Å². The van der Waals surface area contributed by atoms with Crippen LogP contribution in [-0.4, -0.2) is 40.0 Å². The summed E-state index contributed by atoms with van der Waals surface area (Å²) < 4.78 is 28.2. The van der Waals surface area contributed by atoms with Crippen molar-refractivity contribution in [1.82, 2.24) is 9.88 Å². The molecule has 1 fully saturated rings. The smallest absolute Gasteiger partial charge is 0.303 e. The first-order valence-electron chi connectivity index (χ1n) is 8.24. The molecule has 1 atom stereocenters. The highest BCUT2D eigenvalue weighted by atomic mass is 19.3. The van der Waals surface area contributed by atoms with E-state index in [1.165, 1.54) is 5.56 Å². The van der Waals surface area contributed by atoms with Gasteiger partial charge < -0.3 is 10.1 Å². The number of nitrogens with zero attached hydrogens (tertiary/aromatic N) is 1. The molecule has 0 spiro atoms. The van der Waals surface area contributed by atoms with E-state index in [0.717, 1.165) is 16.6 Å². The Balaban J connectivity index is 1.71. The van der Waals surface area contributed by atoms with Crippen LogP contribution in [0.1, 0.15) is 30.5 Å². The number of rotatable bonds is 4. The lowest BCUT2D eigenvalue weighted by Gasteiger charge is -2.22. The van der Waals surface area contributed by atoms with Gasteiger partial charge in [-0.25, -0.2) is 8.78 Å². The van der Waals surface area contributed by atoms with Crippen LogP contribution in [0.15, 0.2) is 24.3 Å². The predicted octanol–water partition coefficient (Wildman–Crippen LogP) is 3.80. The van der Waals surface area contributed by atoms with Crippen LogP contribution in [0.25, 0.3) is 10.9 Å². The number of H-pyrrole nitrogens is 1. The number of carbonyl (C=O) groups is 1. The van der Waals surface area contributed by atoms with Crippen molar-refractivity contribution < 1.29 is 18.7 Å². The molecule has 1 aromatic heterocycles. The number of aromatic amines is 1. The maximum Gasteiger partial charge on any atom is 0.303 e. The van der Waals surface area contributed by atoms with Crippen molar-refractivity contribution in [3.05, 3.63) is 35.5 Å². The van der Waals surface area contributed by atoms with E-state index in [1.807, 2.05) is 30.0 Å². The molecule has 0 saturated carbocycles. The van der Waals surface area contributed by atoms with Gasteiger partial charge in [0.25, 0.3) is 5.92 Å². The van der Waals surface area contributed by atoms with E-state index in [4.69, 9.17) is 5.11 Å². The monoisotopic (exact) mass is 336 g/mol. The van der Waals surface area contributed by atoms with Crippen LogP contribution in [0.5, 0.6) is 0 Å². The van der Waals surface area contributed by atoms with Crippen molar-refractivity contribution in [2.45, 2.75) is 38.7 Å². The topological polar surface area (TPSA) is 56.3 Å². The number of aromatic nitrogens is 1. The summed E-state index contributed by atoms with van der Waals surface area (Å²) >= 11 is 0. The van der Waals surface area contributed by atoms with Gasteiger partial charge in [0.05, 0.1) is 6.42 Å². The third-order valence-corrected chi connectivity index (χ3v) is 4.91. The average Bonchev–Trinajstić information content (AvgIpc) is 2.86. The number of carboxylic acids is 1. The first kappa shape index (κ1) is 16.9. The van der Waals surface area contributed by atoms with Gasteiger partial charge in [-0.05, 0) is 37.6 Å². The number of fused-ring (bicyclic) bond motifs is 1. The van der Waals surface area contributed by atoms with Crippen LogP contribution in [0.2, 0.25) is 0 Å². The molecule has 1 unspecified atom stereocenters. The minimum Gasteiger partial charge on any atom is -0.481 e. The molecule has 2 heterocycles. The van der Waals surface area contributed by atoms with Crippen LogP contribution in [-0.2, 0) is 11.3 Å². The number of alkyl halides is 2. The van der Waals surface area contributed by atoms with Crippen molar-refractivity contribution >= 4 is 16.9 Å². The molecular formula is C18H22F2N2O2. The zero-order valence-electron chi connectivity index (χ0n) is 13.7. The van der Waals surface area contributed by atoms with Gasteiger partial charge in [0.1, 0.15) is 0 Å². The second-order valence-electron chi connectivity index (χ2n) is 6.70. The number of hydrogen-bond acceptors (Lipinski definition) is 2. The molecule has 1 aliphatic heterocycles. The summed E-state index contributed by atoms with van der Waals surface area (Å²) in [5, 5.41) is 10.00. The largest absolute Gasteiger partial charge is 0.481 e. The number of likely N-dealkylation sites (tertiary alicyclic amines) is 1. The molecular weight excluding hydrogens is 314 g/mol. The summed E-state index contributed by atoms with van der Waals surface area (Å²) in [6.45, 7) is 3.38. The Morgan fingerprint density at radius 1 is 1.42 bits per heavy atom. The number of aryl methyl sites for hydroxylation is 1. The molecule has 0 aliphatic carbocycles. The molecule has 2 aromatic rings. The van der Waals surface area contributed by atoms with Gasteiger partial charge in [-0.15, -0.1) is 0 Å². The summed E-state index contributed by atoms with van der Waals surface area (Å²) in [6, 6.07) is 8.11. The van der Waals surface area contributed by atoms with Crippen molar-refractivity contribution in [2.24, 2.45) is 5.92 Å². The van der Waals surface area contributed by atoms with E-state index in [0.29, 0.717) is 13.1 Å². The van der Waals surface area contributed by atoms with E-state index >= 15 is 0 Å². The quantitative estimate of drug-likeness (QED) is 0.893. The standard InChI is InChI=1S/C18H22F2N2O2/c1-12-3-2-4-16-15(12)10-14(21-16)11-22-7-5-13(9-17(23)24)18(19,20)6-8-22/h2-4,10,13,21H,5-9,11H2,1H3,(H,23,24). The molecule has 1 aliphatic rings. The van der Waals surface area contributed by atoms with Crippen molar-refractivity contribution in [1.29, 1.82) is 0 Å². The lowest BCUT2D eigenvalue weighted by molar-refractivity contribution is -0.143. The van der Waals surface area contributed by atoms with Crippen LogP contribution < -0.4 is 0 Å². The summed E-state index contributed by atoms with van der Waals surface area (Å²) in [7, 11) is 0. The molecule has 3 rings (SSSR count). The third kappa shape index (κ3) is 3.59. The number of carboxylic acid groups (broad SMARTS) is 1. The maximum absolute atomic E-state index is 14.1. The molecule has 0 bridgehead atoms. The van der Waals surface area contributed by atoms with E-state index in [2.05, 4.69) is 11.1 Å². The van der Waals surface area contributed by atoms with E-state index in [-0.39, 0.29) is 19.4 Å². The Hall–Kier alpha value is -1.95. The van der Waals surface area contributed by atoms with Gasteiger partial charge >= 0.3 is 5.97 Å². The Kier molecular flexibility index (Phi) is 4.58. The molecule has 130 valence electrons. The van der Waals surface area contributed by atoms with Gasteiger partial charge in [-0.2, -0.15) is 0 Å². The third-order valence-electron chi connectivity index (χ3n) is 4.91. The average molecular weight is 336 g/mol. The summed E-state index contributed by atoms with van der Waals surface area (Å²) in [4.78, 5) is 16.1. The van der Waals surface area contributed by atoms with E-state index < -0.39 is 24.2 Å². The normalized spacial score (nSPS) is 21.7. The van der Waals surface area contributed by atoms with Crippen molar-refractivity contribution in [3.8, 4) is 0 Å². The van der Waals surface area contributed by atoms with Gasteiger partial charge in [-0.3, -0.25) is 9.69 Å². The molecule has 0 amide bonds. The SMILES string of the molecule is Cc1cccc2[nH]c(CN3CCC(CC(=O)O)C(F)(F)CC3)cc12. The number of aliphatic carboxylic acids is 1. The van der Waals surface area contributed by atoms with Crippen LogP contribution in [0.4, 0.5) is 8.78 Å². The van der Waals surface area contributed by atoms with Crippen LogP contribution in [0.3, 0.4) is 0 Å². The number of hydrogen-bond donors (Lipinski definition) is 2. The second-order valence-corrected chi connectivity index (χ2v) is 6.70. The zero-order valence-corrected chi connectivity index (χ0v) is 13.7. The molecule has 6 heteroatoms. The summed E-state index contributed by atoms with van der Waals surface area (Å²) in [5.41, 5.74) is 3.23. The minimum atomic E-state index is -2.91. The molecule has 1 aromatic carbocycles. The van der Waals surface area contributed by atoms with Crippen LogP contribution in [0, 0.1) is 12.8 Å². The number of halogens is 2. The van der Waals surface area contributed by atoms with Crippen molar-refractivity contribution in [2.75, 3.05) is 13.1 Å². The van der Waals surface area contributed by atoms with Gasteiger partial charge in [0.2, 0.25) is 0 Å². The van der Waals surface area contributed by atoms with E-state index in [1.54, 1.807) is 0 Å². The fourth-order valence-electron chi connectivity index (χ4n) is 3.48. The number of nitrogens with one attached hydrogen (secondary N) is 1. The Morgan fingerprint density at radius 2 is 2.21 bits per heavy atom. The van der Waals surface area contributed by atoms with E-state index in [9.17, 15) is 13.6 Å². The highest BCUT2D eigenvalue weighted by Crippen LogP contribution is 2.36. The zero-order chi connectivity index (χ0) is 17.3. The highest BCUT2D eigenvalue weighted by molar-refractivity contribution is 5.83. The first-order chi connectivity index (χ1) is 11.3. The fraction of sp³-hybridized carbons (Fsp3) is 0.500. The van der Waals surface area contributed by atoms with Gasteiger partial charge in [0.15, 0.2) is 0 Å². The van der Waals surface area contributed by atoms with Gasteiger partial charge in [-0.1, -0.05) is 12.1 Å². The maximum atomic E-state index is 14.1. The molecule has 4 nitrogen and oxygen atoms in total. The molecule has 0 radical (unpaired) electrons. The summed E-state index contributed by atoms with van der Waals surface area (Å²) in [6.07, 6.45) is -0.546. The predicted molar refractivity (Wildman–Crippen MR) is 88.2 cm³/mol. The summed E-state index contributed by atoms with van der Waals surface area (Å²) in [5.74, 6) is -5.14. The van der Waals surface area contributed by atoms with Crippen LogP contribution >= 0.6 is 0 Å². The molecule has 2 N–H and O–H groups in total. The molecule has 1 saturated heterocycles. The lowest BCUT2D eigenvalue weighted by atomic mass is 9.93. The lowest BCUT2D eigenvalue weighted by Crippen LogP contribution is -2.30. The first-order valence-corrected chi connectivity index (χ1v) is 8.24. The molecule has 24 heavy (non-hydrogen) atoms. The Morgan fingerprint density at radius 3 is 2.92 bits per heavy atom.